The lowest BCUT2D eigenvalue weighted by atomic mass is 10.2. The van der Waals surface area contributed by atoms with Crippen molar-refractivity contribution in [1.29, 1.82) is 0 Å². The highest BCUT2D eigenvalue weighted by atomic mass is 28.2. The Morgan fingerprint density at radius 1 is 0.737 bits per heavy atom. The molecular formula is C14H36N4Si. The van der Waals surface area contributed by atoms with Crippen LogP contribution in [0.2, 0.25) is 0 Å². The Labute approximate surface area is 123 Å². The van der Waals surface area contributed by atoms with Gasteiger partial charge in [-0.25, -0.2) is 0 Å². The van der Waals surface area contributed by atoms with E-state index in [0.717, 1.165) is 36.6 Å². The van der Waals surface area contributed by atoms with E-state index >= 15 is 0 Å². The number of unbranched alkanes of at least 4 members (excludes halogenated alkanes) is 3. The molecule has 0 aliphatic carbocycles. The fourth-order valence-electron chi connectivity index (χ4n) is 2.08. The summed E-state index contributed by atoms with van der Waals surface area (Å²) >= 11 is 0. The first-order valence-corrected chi connectivity index (χ1v) is 9.14. The first-order valence-electron chi connectivity index (χ1n) is 8.14. The van der Waals surface area contributed by atoms with Crippen LogP contribution in [0.1, 0.15) is 59.3 Å². The van der Waals surface area contributed by atoms with Gasteiger partial charge < -0.3 is 4.98 Å². The van der Waals surface area contributed by atoms with E-state index in [1.165, 1.54) is 38.5 Å². The van der Waals surface area contributed by atoms with Gasteiger partial charge in [-0.15, -0.1) is 0 Å². The van der Waals surface area contributed by atoms with E-state index in [-0.39, 0.29) is 5.79 Å². The molecule has 0 aliphatic heterocycles. The second kappa shape index (κ2) is 13.1. The number of hydrogen-bond acceptors (Lipinski definition) is 4. The molecule has 0 saturated heterocycles. The molecule has 0 bridgehead atoms. The van der Waals surface area contributed by atoms with Crippen LogP contribution < -0.4 is 20.9 Å². The molecule has 0 heterocycles. The minimum Gasteiger partial charge on any atom is -0.341 e. The average Bonchev–Trinajstić information content (AvgIpc) is 2.40. The third kappa shape index (κ3) is 9.57. The molecule has 0 fully saturated rings. The Balaban J connectivity index is 4.37. The van der Waals surface area contributed by atoms with Gasteiger partial charge >= 0.3 is 0 Å². The van der Waals surface area contributed by atoms with E-state index in [1.807, 2.05) is 0 Å². The molecule has 0 saturated carbocycles. The lowest BCUT2D eigenvalue weighted by Crippen LogP contribution is -2.71. The molecule has 0 radical (unpaired) electrons. The smallest absolute Gasteiger partial charge is 0.135 e. The monoisotopic (exact) mass is 288 g/mol. The van der Waals surface area contributed by atoms with Gasteiger partial charge in [0.05, 0.1) is 10.4 Å². The van der Waals surface area contributed by atoms with Gasteiger partial charge in [-0.2, -0.15) is 0 Å². The van der Waals surface area contributed by atoms with Gasteiger partial charge in [-0.05, 0) is 38.9 Å². The number of nitrogens with one attached hydrogen (secondary N) is 4. The molecule has 0 atom stereocenters. The second-order valence-electron chi connectivity index (χ2n) is 5.28. The van der Waals surface area contributed by atoms with Crippen LogP contribution >= 0.6 is 0 Å². The van der Waals surface area contributed by atoms with Gasteiger partial charge in [0.15, 0.2) is 0 Å². The number of rotatable bonds is 14. The van der Waals surface area contributed by atoms with Gasteiger partial charge in [0, 0.05) is 6.54 Å². The standard InChI is InChI=1S/C14H36N4Si/c1-4-7-10-15-14(13-18-19,16-11-8-5-2)17-12-9-6-3/h15-18H,4-13H2,1-3,19H3. The normalized spacial score (nSPS) is 12.2. The van der Waals surface area contributed by atoms with E-state index < -0.39 is 0 Å². The highest BCUT2D eigenvalue weighted by Gasteiger charge is 2.26. The summed E-state index contributed by atoms with van der Waals surface area (Å²) in [7, 11) is 1.03. The Morgan fingerprint density at radius 2 is 1.11 bits per heavy atom. The fourth-order valence-corrected chi connectivity index (χ4v) is 2.61. The van der Waals surface area contributed by atoms with E-state index in [1.54, 1.807) is 0 Å². The SMILES string of the molecule is CCCCNC(CN[SiH3])(NCCCC)NCCCC. The lowest BCUT2D eigenvalue weighted by Gasteiger charge is -2.37. The third-order valence-corrected chi connectivity index (χ3v) is 3.67. The molecule has 19 heavy (non-hydrogen) atoms. The Morgan fingerprint density at radius 3 is 1.37 bits per heavy atom. The summed E-state index contributed by atoms with van der Waals surface area (Å²) < 4.78 is 0. The molecule has 116 valence electrons. The van der Waals surface area contributed by atoms with Crippen molar-refractivity contribution in [2.24, 2.45) is 0 Å². The topological polar surface area (TPSA) is 48.1 Å². The van der Waals surface area contributed by atoms with Crippen LogP contribution in [-0.2, 0) is 0 Å². The molecule has 0 unspecified atom stereocenters. The van der Waals surface area contributed by atoms with Crippen LogP contribution in [0.3, 0.4) is 0 Å². The maximum atomic E-state index is 3.69. The highest BCUT2D eigenvalue weighted by molar-refractivity contribution is 6.04. The van der Waals surface area contributed by atoms with Crippen molar-refractivity contribution in [2.45, 2.75) is 65.1 Å². The average molecular weight is 289 g/mol. The molecule has 0 aromatic carbocycles. The maximum absolute atomic E-state index is 3.69. The van der Waals surface area contributed by atoms with E-state index in [0.29, 0.717) is 0 Å². The van der Waals surface area contributed by atoms with Crippen molar-refractivity contribution in [1.82, 2.24) is 20.9 Å². The minimum absolute atomic E-state index is 0.124. The first kappa shape index (κ1) is 19.1. The van der Waals surface area contributed by atoms with Crippen molar-refractivity contribution in [2.75, 3.05) is 26.2 Å². The molecule has 4 nitrogen and oxygen atoms in total. The predicted octanol–water partition coefficient (Wildman–Crippen LogP) is 0.679. The summed E-state index contributed by atoms with van der Waals surface area (Å²) in [5.74, 6) is -0.124. The van der Waals surface area contributed by atoms with Crippen LogP contribution in [0, 0.1) is 0 Å². The van der Waals surface area contributed by atoms with Gasteiger partial charge in [0.1, 0.15) is 5.79 Å². The van der Waals surface area contributed by atoms with Crippen LogP contribution in [0.25, 0.3) is 0 Å². The largest absolute Gasteiger partial charge is 0.341 e. The molecule has 5 heteroatoms. The molecule has 0 spiro atoms. The summed E-state index contributed by atoms with van der Waals surface area (Å²) in [6.45, 7) is 10.9. The molecule has 4 N–H and O–H groups in total. The zero-order valence-electron chi connectivity index (χ0n) is 13.6. The first-order chi connectivity index (χ1) is 9.24. The quantitative estimate of drug-likeness (QED) is 0.216. The van der Waals surface area contributed by atoms with Crippen LogP contribution in [-0.4, -0.2) is 42.4 Å². The maximum Gasteiger partial charge on any atom is 0.135 e. The van der Waals surface area contributed by atoms with Gasteiger partial charge in [0.2, 0.25) is 0 Å². The van der Waals surface area contributed by atoms with Crippen LogP contribution in [0.5, 0.6) is 0 Å². The second-order valence-corrected chi connectivity index (χ2v) is 5.98. The summed E-state index contributed by atoms with van der Waals surface area (Å²) in [5.41, 5.74) is 0. The Hall–Kier alpha value is 0.0569. The Kier molecular flexibility index (Phi) is 13.1. The molecule has 0 rings (SSSR count). The van der Waals surface area contributed by atoms with Crippen molar-refractivity contribution in [3.05, 3.63) is 0 Å². The molecule has 0 aliphatic rings. The predicted molar refractivity (Wildman–Crippen MR) is 89.4 cm³/mol. The molecular weight excluding hydrogens is 252 g/mol. The van der Waals surface area contributed by atoms with E-state index in [9.17, 15) is 0 Å². The fraction of sp³-hybridized carbons (Fsp3) is 1.00. The molecule has 0 aromatic rings. The van der Waals surface area contributed by atoms with Crippen LogP contribution in [0.4, 0.5) is 0 Å². The highest BCUT2D eigenvalue weighted by Crippen LogP contribution is 1.99. The van der Waals surface area contributed by atoms with Crippen LogP contribution in [0.15, 0.2) is 0 Å². The van der Waals surface area contributed by atoms with Gasteiger partial charge in [-0.3, -0.25) is 16.0 Å². The summed E-state index contributed by atoms with van der Waals surface area (Å²) in [6, 6.07) is 0. The summed E-state index contributed by atoms with van der Waals surface area (Å²) in [4.78, 5) is 3.44. The molecule has 0 aromatic heterocycles. The van der Waals surface area contributed by atoms with Crippen molar-refractivity contribution >= 4 is 10.4 Å². The van der Waals surface area contributed by atoms with Crippen molar-refractivity contribution in [3.8, 4) is 0 Å². The van der Waals surface area contributed by atoms with Crippen molar-refractivity contribution < 1.29 is 0 Å². The molecule has 0 amide bonds. The lowest BCUT2D eigenvalue weighted by molar-refractivity contribution is 0.198. The van der Waals surface area contributed by atoms with E-state index in [4.69, 9.17) is 0 Å². The Bertz CT molecular complexity index is 164. The zero-order chi connectivity index (χ0) is 14.4. The third-order valence-electron chi connectivity index (χ3n) is 3.31. The van der Waals surface area contributed by atoms with Gasteiger partial charge in [0.25, 0.3) is 0 Å². The number of hydrogen-bond donors (Lipinski definition) is 4. The van der Waals surface area contributed by atoms with E-state index in [2.05, 4.69) is 41.7 Å². The zero-order valence-corrected chi connectivity index (χ0v) is 15.6. The van der Waals surface area contributed by atoms with Crippen molar-refractivity contribution in [3.63, 3.8) is 0 Å². The summed E-state index contributed by atoms with van der Waals surface area (Å²) in [5, 5.41) is 11.1. The van der Waals surface area contributed by atoms with Gasteiger partial charge in [-0.1, -0.05) is 40.0 Å². The minimum atomic E-state index is -0.124. The summed E-state index contributed by atoms with van der Waals surface area (Å²) in [6.07, 6.45) is 7.40.